The lowest BCUT2D eigenvalue weighted by Gasteiger charge is -2.46. The number of hydrogen-bond donors (Lipinski definition) is 0. The van der Waals surface area contributed by atoms with E-state index in [1.54, 1.807) is 0 Å². The first-order chi connectivity index (χ1) is 9.71. The molecule has 0 bridgehead atoms. The number of rotatable bonds is 8. The van der Waals surface area contributed by atoms with Gasteiger partial charge in [-0.1, -0.05) is 81.4 Å². The second-order valence-corrected chi connectivity index (χ2v) is 9.64. The molecule has 0 N–H and O–H groups in total. The van der Waals surface area contributed by atoms with Crippen LogP contribution in [-0.4, -0.2) is 5.78 Å². The third-order valence-corrected chi connectivity index (χ3v) is 5.51. The highest BCUT2D eigenvalue weighted by atomic mass is 16.1. The van der Waals surface area contributed by atoms with Crippen LogP contribution >= 0.6 is 0 Å². The van der Waals surface area contributed by atoms with Gasteiger partial charge >= 0.3 is 0 Å². The van der Waals surface area contributed by atoms with Gasteiger partial charge < -0.3 is 0 Å². The van der Waals surface area contributed by atoms with E-state index in [9.17, 15) is 4.79 Å². The fourth-order valence-electron chi connectivity index (χ4n) is 3.27. The molecular weight excluding hydrogens is 268 g/mol. The van der Waals surface area contributed by atoms with E-state index in [1.165, 1.54) is 0 Å². The predicted molar refractivity (Wildman–Crippen MR) is 99.1 cm³/mol. The van der Waals surface area contributed by atoms with E-state index in [4.69, 9.17) is 0 Å². The number of allylic oxidation sites excluding steroid dienone is 2. The molecule has 0 radical (unpaired) electrons. The monoisotopic (exact) mass is 308 g/mol. The smallest absolute Gasteiger partial charge is 0.138 e. The molecule has 0 saturated heterocycles. The van der Waals surface area contributed by atoms with Crippen molar-refractivity contribution in [3.8, 4) is 0 Å². The van der Waals surface area contributed by atoms with Gasteiger partial charge in [-0.2, -0.15) is 0 Å². The Labute approximate surface area is 140 Å². The van der Waals surface area contributed by atoms with E-state index < -0.39 is 0 Å². The van der Waals surface area contributed by atoms with Crippen LogP contribution in [0.1, 0.15) is 94.9 Å². The summed E-state index contributed by atoms with van der Waals surface area (Å²) in [6.45, 7) is 22.3. The fourth-order valence-corrected chi connectivity index (χ4v) is 3.27. The molecule has 0 aromatic heterocycles. The van der Waals surface area contributed by atoms with Crippen LogP contribution in [0.25, 0.3) is 0 Å². The van der Waals surface area contributed by atoms with E-state index in [1.807, 2.05) is 6.92 Å². The van der Waals surface area contributed by atoms with Crippen LogP contribution in [0.2, 0.25) is 0 Å². The van der Waals surface area contributed by atoms with Crippen LogP contribution in [0.5, 0.6) is 0 Å². The van der Waals surface area contributed by atoms with Gasteiger partial charge in [0.1, 0.15) is 5.78 Å². The van der Waals surface area contributed by atoms with Crippen molar-refractivity contribution in [2.24, 2.45) is 21.7 Å². The topological polar surface area (TPSA) is 17.1 Å². The molecule has 0 saturated carbocycles. The van der Waals surface area contributed by atoms with Crippen molar-refractivity contribution in [3.05, 3.63) is 12.2 Å². The van der Waals surface area contributed by atoms with E-state index in [2.05, 4.69) is 74.5 Å². The van der Waals surface area contributed by atoms with Gasteiger partial charge in [0.25, 0.3) is 0 Å². The summed E-state index contributed by atoms with van der Waals surface area (Å²) in [5.41, 5.74) is 0.287. The first-order valence-corrected chi connectivity index (χ1v) is 8.92. The molecule has 0 aliphatic carbocycles. The first kappa shape index (κ1) is 21.4. The summed E-state index contributed by atoms with van der Waals surface area (Å²) in [6.07, 6.45) is 8.47. The lowest BCUT2D eigenvalue weighted by atomic mass is 9.58. The molecule has 1 heteroatoms. The molecule has 0 fully saturated rings. The van der Waals surface area contributed by atoms with Gasteiger partial charge in [0.15, 0.2) is 0 Å². The molecular formula is C21H40O. The van der Waals surface area contributed by atoms with Crippen LogP contribution in [0, 0.1) is 21.7 Å². The zero-order chi connectivity index (χ0) is 17.8. The fraction of sp³-hybridized carbons (Fsp3) is 0.857. The Bertz CT molecular complexity index is 393. The average Bonchev–Trinajstić information content (AvgIpc) is 2.34. The van der Waals surface area contributed by atoms with Gasteiger partial charge in [0.05, 0.1) is 0 Å². The van der Waals surface area contributed by atoms with Gasteiger partial charge in [0.2, 0.25) is 0 Å². The molecule has 0 aliphatic rings. The van der Waals surface area contributed by atoms with Crippen LogP contribution < -0.4 is 0 Å². The minimum Gasteiger partial charge on any atom is -0.299 e. The Balaban J connectivity index is 5.30. The molecule has 0 aromatic rings. The number of carbonyl (C=O) groups is 1. The zero-order valence-corrected chi connectivity index (χ0v) is 16.9. The minimum absolute atomic E-state index is 0.0816. The highest BCUT2D eigenvalue weighted by Gasteiger charge is 2.43. The van der Waals surface area contributed by atoms with Crippen molar-refractivity contribution < 1.29 is 4.79 Å². The molecule has 22 heavy (non-hydrogen) atoms. The van der Waals surface area contributed by atoms with Gasteiger partial charge in [-0.05, 0) is 35.5 Å². The quantitative estimate of drug-likeness (QED) is 0.450. The summed E-state index contributed by atoms with van der Waals surface area (Å²) >= 11 is 0. The Morgan fingerprint density at radius 1 is 0.909 bits per heavy atom. The predicted octanol–water partition coefficient (Wildman–Crippen LogP) is 6.82. The largest absolute Gasteiger partial charge is 0.299 e. The van der Waals surface area contributed by atoms with Crippen molar-refractivity contribution in [2.45, 2.75) is 94.9 Å². The molecule has 0 spiro atoms. The maximum absolute atomic E-state index is 12.3. The maximum atomic E-state index is 12.3. The molecule has 1 unspecified atom stereocenters. The summed E-state index contributed by atoms with van der Waals surface area (Å²) in [4.78, 5) is 12.3. The highest BCUT2D eigenvalue weighted by molar-refractivity contribution is 5.83. The minimum atomic E-state index is -0.241. The molecule has 1 nitrogen and oxygen atoms in total. The maximum Gasteiger partial charge on any atom is 0.138 e. The molecule has 1 atom stereocenters. The summed E-state index contributed by atoms with van der Waals surface area (Å²) in [5.74, 6) is 0.377. The Morgan fingerprint density at radius 3 is 1.77 bits per heavy atom. The van der Waals surface area contributed by atoms with Gasteiger partial charge in [-0.3, -0.25) is 4.79 Å². The van der Waals surface area contributed by atoms with E-state index in [0.717, 1.165) is 19.3 Å². The van der Waals surface area contributed by atoms with Crippen molar-refractivity contribution in [3.63, 3.8) is 0 Å². The molecule has 0 rings (SSSR count). The summed E-state index contributed by atoms with van der Waals surface area (Å²) < 4.78 is 0. The van der Waals surface area contributed by atoms with E-state index in [0.29, 0.717) is 17.6 Å². The molecule has 0 aromatic carbocycles. The van der Waals surface area contributed by atoms with E-state index in [-0.39, 0.29) is 16.2 Å². The van der Waals surface area contributed by atoms with Gasteiger partial charge in [-0.15, -0.1) is 0 Å². The zero-order valence-electron chi connectivity index (χ0n) is 16.9. The Hall–Kier alpha value is -0.590. The number of Topliss-reactive ketones (excluding diaryl/α,β-unsaturated/α-hetero) is 1. The van der Waals surface area contributed by atoms with Crippen LogP contribution in [-0.2, 0) is 4.79 Å². The summed E-state index contributed by atoms with van der Waals surface area (Å²) in [5, 5.41) is 0. The number of carbonyl (C=O) groups excluding carboxylic acids is 1. The van der Waals surface area contributed by atoms with Crippen LogP contribution in [0.3, 0.4) is 0 Å². The molecule has 130 valence electrons. The second kappa shape index (κ2) is 7.32. The van der Waals surface area contributed by atoms with E-state index >= 15 is 0 Å². The number of ketones is 1. The van der Waals surface area contributed by atoms with Crippen LogP contribution in [0.15, 0.2) is 12.2 Å². The normalized spacial score (nSPS) is 16.8. The van der Waals surface area contributed by atoms with Gasteiger partial charge in [0, 0.05) is 11.8 Å². The van der Waals surface area contributed by atoms with Crippen molar-refractivity contribution in [2.75, 3.05) is 0 Å². The van der Waals surface area contributed by atoms with Crippen molar-refractivity contribution >= 4 is 5.78 Å². The third kappa shape index (κ3) is 5.89. The average molecular weight is 309 g/mol. The standard InChI is InChI=1S/C21H40O/c1-11-17(22)19(6,7)16-21(10,12-2)20(8,9)15-13-14-18(3,4)5/h13,15H,11-12,14,16H2,1-10H3. The third-order valence-electron chi connectivity index (χ3n) is 5.51. The summed E-state index contributed by atoms with van der Waals surface area (Å²) in [6, 6.07) is 0. The van der Waals surface area contributed by atoms with Crippen molar-refractivity contribution in [1.29, 1.82) is 0 Å². The first-order valence-electron chi connectivity index (χ1n) is 8.92. The van der Waals surface area contributed by atoms with Crippen molar-refractivity contribution in [1.82, 2.24) is 0 Å². The lowest BCUT2D eigenvalue weighted by molar-refractivity contribution is -0.129. The molecule has 0 amide bonds. The number of hydrogen-bond acceptors (Lipinski definition) is 1. The molecule has 0 aliphatic heterocycles. The Morgan fingerprint density at radius 2 is 1.41 bits per heavy atom. The highest BCUT2D eigenvalue weighted by Crippen LogP contribution is 2.50. The Kier molecular flexibility index (Phi) is 7.12. The summed E-state index contributed by atoms with van der Waals surface area (Å²) in [7, 11) is 0. The second-order valence-electron chi connectivity index (χ2n) is 9.64. The van der Waals surface area contributed by atoms with Crippen LogP contribution in [0.4, 0.5) is 0 Å². The lowest BCUT2D eigenvalue weighted by Crippen LogP contribution is -2.40. The van der Waals surface area contributed by atoms with Gasteiger partial charge in [-0.25, -0.2) is 0 Å². The molecule has 0 heterocycles. The SMILES string of the molecule is CCC(=O)C(C)(C)CC(C)(CC)C(C)(C)C=CCC(C)(C)C.